The Morgan fingerprint density at radius 1 is 0.923 bits per heavy atom. The summed E-state index contributed by atoms with van der Waals surface area (Å²) in [5, 5.41) is 0. The second kappa shape index (κ2) is 6.09. The Kier molecular flexibility index (Phi) is 4.31. The molecule has 1 aliphatic heterocycles. The third-order valence-electron chi connectivity index (χ3n) is 4.82. The van der Waals surface area contributed by atoms with Crippen LogP contribution in [-0.2, 0) is 14.3 Å². The van der Waals surface area contributed by atoms with Gasteiger partial charge in [-0.2, -0.15) is 0 Å². The number of hydrogen-bond acceptors (Lipinski definition) is 5. The lowest BCUT2D eigenvalue weighted by Crippen LogP contribution is -2.58. The molecule has 1 aliphatic rings. The van der Waals surface area contributed by atoms with E-state index in [4.69, 9.17) is 4.74 Å². The molecular weight excluding hydrogens is 328 g/mol. The Balaban J connectivity index is 2.13. The highest BCUT2D eigenvalue weighted by atomic mass is 16.5. The first kappa shape index (κ1) is 18.4. The molecule has 26 heavy (non-hydrogen) atoms. The number of Topliss-reactive ketones (excluding diaryl/α,β-unsaturated/α-hetero) is 2. The van der Waals surface area contributed by atoms with Gasteiger partial charge in [-0.15, -0.1) is 0 Å². The predicted octanol–water partition coefficient (Wildman–Crippen LogP) is 3.57. The quantitative estimate of drug-likeness (QED) is 0.773. The lowest BCUT2D eigenvalue weighted by molar-refractivity contribution is -0.184. The summed E-state index contributed by atoms with van der Waals surface area (Å²) in [5.74, 6) is -0.966. The van der Waals surface area contributed by atoms with Crippen molar-refractivity contribution in [1.29, 1.82) is 0 Å². The summed E-state index contributed by atoms with van der Waals surface area (Å²) >= 11 is 0. The van der Waals surface area contributed by atoms with Gasteiger partial charge in [0.2, 0.25) is 0 Å². The summed E-state index contributed by atoms with van der Waals surface area (Å²) in [6.45, 7) is 10.6. The van der Waals surface area contributed by atoms with E-state index < -0.39 is 17.1 Å². The molecule has 0 aliphatic carbocycles. The number of ketones is 2. The molecule has 0 spiro atoms. The van der Waals surface area contributed by atoms with Crippen molar-refractivity contribution < 1.29 is 14.3 Å². The molecule has 1 saturated heterocycles. The smallest absolute Gasteiger partial charge is 0.180 e. The molecule has 0 saturated carbocycles. The molecule has 2 heterocycles. The SMILES string of the molecule is Cc1ccc(-c2ncc(C)c(C3C(=O)C(C)(C)OC(C)(C)C3=O)n2)cc1. The zero-order chi connectivity index (χ0) is 19.3. The Morgan fingerprint density at radius 3 is 2.00 bits per heavy atom. The number of ether oxygens (including phenoxy) is 1. The number of aryl methyl sites for hydroxylation is 2. The largest absolute Gasteiger partial charge is 0.354 e. The van der Waals surface area contributed by atoms with Gasteiger partial charge in [-0.25, -0.2) is 9.97 Å². The van der Waals surface area contributed by atoms with Gasteiger partial charge in [0.15, 0.2) is 17.4 Å². The third-order valence-corrected chi connectivity index (χ3v) is 4.82. The minimum Gasteiger partial charge on any atom is -0.354 e. The topological polar surface area (TPSA) is 69.2 Å². The first-order valence-electron chi connectivity index (χ1n) is 8.72. The molecule has 0 unspecified atom stereocenters. The van der Waals surface area contributed by atoms with Gasteiger partial charge in [-0.3, -0.25) is 9.59 Å². The number of aromatic nitrogens is 2. The van der Waals surface area contributed by atoms with Crippen LogP contribution in [0.4, 0.5) is 0 Å². The molecule has 1 aromatic carbocycles. The van der Waals surface area contributed by atoms with Crippen molar-refractivity contribution in [2.24, 2.45) is 0 Å². The molecule has 0 N–H and O–H groups in total. The Hall–Kier alpha value is -2.40. The van der Waals surface area contributed by atoms with Gasteiger partial charge >= 0.3 is 0 Å². The molecule has 0 atom stereocenters. The van der Waals surface area contributed by atoms with Crippen molar-refractivity contribution in [2.75, 3.05) is 0 Å². The fourth-order valence-electron chi connectivity index (χ4n) is 3.39. The van der Waals surface area contributed by atoms with Gasteiger partial charge in [0, 0.05) is 11.8 Å². The lowest BCUT2D eigenvalue weighted by Gasteiger charge is -2.42. The molecule has 5 heteroatoms. The van der Waals surface area contributed by atoms with E-state index in [1.54, 1.807) is 33.9 Å². The fraction of sp³-hybridized carbons (Fsp3) is 0.429. The molecular formula is C21H24N2O3. The Morgan fingerprint density at radius 2 is 1.46 bits per heavy atom. The van der Waals surface area contributed by atoms with E-state index in [0.717, 1.165) is 16.7 Å². The zero-order valence-corrected chi connectivity index (χ0v) is 16.1. The van der Waals surface area contributed by atoms with E-state index in [1.165, 1.54) is 0 Å². The number of carbonyl (C=O) groups excluding carboxylic acids is 2. The van der Waals surface area contributed by atoms with Gasteiger partial charge in [-0.1, -0.05) is 29.8 Å². The summed E-state index contributed by atoms with van der Waals surface area (Å²) in [5.41, 5.74) is 1.07. The van der Waals surface area contributed by atoms with Crippen LogP contribution in [0.1, 0.15) is 50.4 Å². The van der Waals surface area contributed by atoms with Gasteiger partial charge < -0.3 is 4.74 Å². The van der Waals surface area contributed by atoms with Crippen LogP contribution in [0.15, 0.2) is 30.5 Å². The van der Waals surface area contributed by atoms with Crippen molar-refractivity contribution in [3.05, 3.63) is 47.3 Å². The summed E-state index contributed by atoms with van der Waals surface area (Å²) in [6.07, 6.45) is 1.67. The average molecular weight is 352 g/mol. The minimum atomic E-state index is -1.05. The normalized spacial score (nSPS) is 19.6. The maximum absolute atomic E-state index is 13.0. The van der Waals surface area contributed by atoms with Crippen LogP contribution in [0.2, 0.25) is 0 Å². The maximum atomic E-state index is 13.0. The predicted molar refractivity (Wildman–Crippen MR) is 98.9 cm³/mol. The molecule has 5 nitrogen and oxygen atoms in total. The number of carbonyl (C=O) groups is 2. The molecule has 1 fully saturated rings. The standard InChI is InChI=1S/C21H24N2O3/c1-12-7-9-14(10-8-12)19-22-11-13(2)16(23-19)15-17(24)20(3,4)26-21(5,6)18(15)25/h7-11,15H,1-6H3. The van der Waals surface area contributed by atoms with Crippen molar-refractivity contribution in [2.45, 2.75) is 58.7 Å². The monoisotopic (exact) mass is 352 g/mol. The van der Waals surface area contributed by atoms with Crippen LogP contribution in [0.3, 0.4) is 0 Å². The summed E-state index contributed by atoms with van der Waals surface area (Å²) in [7, 11) is 0. The first-order valence-corrected chi connectivity index (χ1v) is 8.72. The van der Waals surface area contributed by atoms with E-state index in [2.05, 4.69) is 9.97 Å². The summed E-state index contributed by atoms with van der Waals surface area (Å²) < 4.78 is 5.76. The van der Waals surface area contributed by atoms with Gasteiger partial charge in [0.1, 0.15) is 17.1 Å². The van der Waals surface area contributed by atoms with Crippen LogP contribution < -0.4 is 0 Å². The summed E-state index contributed by atoms with van der Waals surface area (Å²) in [4.78, 5) is 35.0. The molecule has 1 aromatic heterocycles. The highest BCUT2D eigenvalue weighted by Crippen LogP contribution is 2.39. The minimum absolute atomic E-state index is 0.265. The van der Waals surface area contributed by atoms with Crippen LogP contribution in [0, 0.1) is 13.8 Å². The van der Waals surface area contributed by atoms with Crippen molar-refractivity contribution in [3.63, 3.8) is 0 Å². The maximum Gasteiger partial charge on any atom is 0.180 e. The van der Waals surface area contributed by atoms with E-state index >= 15 is 0 Å². The van der Waals surface area contributed by atoms with Crippen LogP contribution in [0.5, 0.6) is 0 Å². The highest BCUT2D eigenvalue weighted by Gasteiger charge is 2.53. The molecule has 136 valence electrons. The number of hydrogen-bond donors (Lipinski definition) is 0. The lowest BCUT2D eigenvalue weighted by atomic mass is 9.76. The molecule has 0 radical (unpaired) electrons. The highest BCUT2D eigenvalue weighted by molar-refractivity contribution is 6.15. The number of rotatable bonds is 2. The summed E-state index contributed by atoms with van der Waals surface area (Å²) in [6, 6.07) is 7.83. The van der Waals surface area contributed by atoms with Crippen molar-refractivity contribution >= 4 is 11.6 Å². The molecule has 0 amide bonds. The average Bonchev–Trinajstić information content (AvgIpc) is 2.55. The van der Waals surface area contributed by atoms with E-state index in [-0.39, 0.29) is 11.6 Å². The second-order valence-corrected chi connectivity index (χ2v) is 7.91. The van der Waals surface area contributed by atoms with Gasteiger partial charge in [0.05, 0.1) is 5.69 Å². The Bertz CT molecular complexity index is 857. The first-order chi connectivity index (χ1) is 12.0. The van der Waals surface area contributed by atoms with E-state index in [1.807, 2.05) is 38.1 Å². The molecule has 2 aromatic rings. The fourth-order valence-corrected chi connectivity index (χ4v) is 3.39. The van der Waals surface area contributed by atoms with Gasteiger partial charge in [-0.05, 0) is 47.1 Å². The van der Waals surface area contributed by atoms with Crippen LogP contribution in [-0.4, -0.2) is 32.7 Å². The number of benzene rings is 1. The molecule has 3 rings (SSSR count). The van der Waals surface area contributed by atoms with E-state index in [9.17, 15) is 9.59 Å². The van der Waals surface area contributed by atoms with Crippen molar-refractivity contribution in [3.8, 4) is 11.4 Å². The Labute approximate surface area is 153 Å². The molecule has 0 bridgehead atoms. The second-order valence-electron chi connectivity index (χ2n) is 7.91. The number of nitrogens with zero attached hydrogens (tertiary/aromatic N) is 2. The van der Waals surface area contributed by atoms with Gasteiger partial charge in [0.25, 0.3) is 0 Å². The third kappa shape index (κ3) is 3.07. The van der Waals surface area contributed by atoms with Crippen molar-refractivity contribution in [1.82, 2.24) is 9.97 Å². The van der Waals surface area contributed by atoms with Crippen LogP contribution >= 0.6 is 0 Å². The van der Waals surface area contributed by atoms with E-state index in [0.29, 0.717) is 11.5 Å². The van der Waals surface area contributed by atoms with Crippen LogP contribution in [0.25, 0.3) is 11.4 Å². The zero-order valence-electron chi connectivity index (χ0n) is 16.1.